The molecule has 0 saturated carbocycles. The average molecular weight is 250 g/mol. The Bertz CT molecular complexity index is 524. The van der Waals surface area contributed by atoms with Gasteiger partial charge in [-0.15, -0.1) is 0 Å². The van der Waals surface area contributed by atoms with Crippen LogP contribution >= 0.6 is 0 Å². The summed E-state index contributed by atoms with van der Waals surface area (Å²) in [5.74, 6) is 0.495. The van der Waals surface area contributed by atoms with Crippen molar-refractivity contribution >= 4 is 22.4 Å². The summed E-state index contributed by atoms with van der Waals surface area (Å²) in [7, 11) is 0. The van der Waals surface area contributed by atoms with Crippen molar-refractivity contribution in [3.05, 3.63) is 12.1 Å². The maximum atomic E-state index is 9.37. The molecule has 0 bridgehead atoms. The number of fused-ring (bicyclic) bond motifs is 1. The Kier molecular flexibility index (Phi) is 3.66. The van der Waals surface area contributed by atoms with E-state index in [0.717, 1.165) is 12.1 Å². The van der Waals surface area contributed by atoms with E-state index in [-0.39, 0.29) is 12.6 Å². The lowest BCUT2D eigenvalue weighted by Crippen LogP contribution is -2.25. The first-order chi connectivity index (χ1) is 8.61. The van der Waals surface area contributed by atoms with E-state index in [1.165, 1.54) is 0 Å². The van der Waals surface area contributed by atoms with Crippen LogP contribution in [-0.2, 0) is 0 Å². The van der Waals surface area contributed by atoms with Gasteiger partial charge >= 0.3 is 0 Å². The summed E-state index contributed by atoms with van der Waals surface area (Å²) in [5, 5.41) is 20.2. The smallest absolute Gasteiger partial charge is 0.160 e. The molecule has 0 saturated heterocycles. The molecule has 0 radical (unpaired) electrons. The van der Waals surface area contributed by atoms with E-state index in [4.69, 9.17) is 10.4 Å². The van der Waals surface area contributed by atoms with Gasteiger partial charge in [0.1, 0.15) is 0 Å². The van der Waals surface area contributed by atoms with Crippen LogP contribution in [0, 0.1) is 5.92 Å². The number of nitrogen functional groups attached to an aromatic ring is 1. The third kappa shape index (κ3) is 2.53. The van der Waals surface area contributed by atoms with Gasteiger partial charge in [-0.25, -0.2) is 4.63 Å². The standard InChI is InChI=1S/C12H18N4O2/c1-7(2)5-8(6-17)14-10-4-3-9(13)11-12(10)16-18-15-11/h3-4,7-8,14,17H,5-6,13H2,1-2H3. The summed E-state index contributed by atoms with van der Waals surface area (Å²) >= 11 is 0. The fourth-order valence-corrected chi connectivity index (χ4v) is 1.97. The second-order valence-corrected chi connectivity index (χ2v) is 4.82. The molecule has 0 aliphatic carbocycles. The molecular weight excluding hydrogens is 232 g/mol. The summed E-state index contributed by atoms with van der Waals surface area (Å²) in [4.78, 5) is 0. The molecule has 0 fully saturated rings. The first-order valence-electron chi connectivity index (χ1n) is 6.00. The predicted octanol–water partition coefficient (Wildman–Crippen LogP) is 1.62. The van der Waals surface area contributed by atoms with Gasteiger partial charge in [0.05, 0.1) is 18.0 Å². The van der Waals surface area contributed by atoms with Crippen molar-refractivity contribution < 1.29 is 9.74 Å². The maximum Gasteiger partial charge on any atom is 0.160 e. The highest BCUT2D eigenvalue weighted by molar-refractivity contribution is 5.95. The second kappa shape index (κ2) is 5.22. The van der Waals surface area contributed by atoms with Gasteiger partial charge in [0.15, 0.2) is 11.0 Å². The van der Waals surface area contributed by atoms with Crippen LogP contribution in [-0.4, -0.2) is 28.1 Å². The number of rotatable bonds is 5. The second-order valence-electron chi connectivity index (χ2n) is 4.82. The number of aliphatic hydroxyl groups is 1. The Labute approximate surface area is 105 Å². The Morgan fingerprint density at radius 1 is 1.33 bits per heavy atom. The predicted molar refractivity (Wildman–Crippen MR) is 70.2 cm³/mol. The largest absolute Gasteiger partial charge is 0.397 e. The van der Waals surface area contributed by atoms with E-state index < -0.39 is 0 Å². The molecule has 18 heavy (non-hydrogen) atoms. The van der Waals surface area contributed by atoms with E-state index >= 15 is 0 Å². The Morgan fingerprint density at radius 3 is 2.72 bits per heavy atom. The van der Waals surface area contributed by atoms with Gasteiger partial charge in [0, 0.05) is 6.04 Å². The molecule has 0 aliphatic rings. The van der Waals surface area contributed by atoms with Crippen LogP contribution in [0.4, 0.5) is 11.4 Å². The topological polar surface area (TPSA) is 97.2 Å². The van der Waals surface area contributed by atoms with Gasteiger partial charge in [-0.05, 0) is 34.8 Å². The SMILES string of the molecule is CC(C)CC(CO)Nc1ccc(N)c2nonc12. The molecule has 98 valence electrons. The number of aliphatic hydroxyl groups excluding tert-OH is 1. The number of anilines is 2. The molecule has 2 aromatic rings. The fourth-order valence-electron chi connectivity index (χ4n) is 1.97. The van der Waals surface area contributed by atoms with E-state index in [2.05, 4.69) is 29.5 Å². The van der Waals surface area contributed by atoms with Crippen LogP contribution in [0.2, 0.25) is 0 Å². The zero-order valence-corrected chi connectivity index (χ0v) is 10.6. The molecule has 1 aromatic heterocycles. The van der Waals surface area contributed by atoms with Crippen LogP contribution in [0.15, 0.2) is 16.8 Å². The zero-order valence-electron chi connectivity index (χ0n) is 10.6. The van der Waals surface area contributed by atoms with Gasteiger partial charge in [-0.2, -0.15) is 0 Å². The van der Waals surface area contributed by atoms with E-state index in [0.29, 0.717) is 22.6 Å². The fraction of sp³-hybridized carbons (Fsp3) is 0.500. The van der Waals surface area contributed by atoms with Crippen molar-refractivity contribution in [3.8, 4) is 0 Å². The van der Waals surface area contributed by atoms with E-state index in [1.54, 1.807) is 6.07 Å². The van der Waals surface area contributed by atoms with Crippen LogP contribution in [0.1, 0.15) is 20.3 Å². The zero-order chi connectivity index (χ0) is 13.1. The molecule has 1 heterocycles. The quantitative estimate of drug-likeness (QED) is 0.698. The molecule has 1 atom stereocenters. The average Bonchev–Trinajstić information content (AvgIpc) is 2.81. The van der Waals surface area contributed by atoms with Gasteiger partial charge in [-0.3, -0.25) is 0 Å². The van der Waals surface area contributed by atoms with Crippen LogP contribution in [0.5, 0.6) is 0 Å². The van der Waals surface area contributed by atoms with Crippen molar-refractivity contribution in [3.63, 3.8) is 0 Å². The molecule has 1 aromatic carbocycles. The van der Waals surface area contributed by atoms with Crippen molar-refractivity contribution in [1.82, 2.24) is 10.3 Å². The van der Waals surface area contributed by atoms with Crippen LogP contribution in [0.25, 0.3) is 11.0 Å². The number of aromatic nitrogens is 2. The first kappa shape index (κ1) is 12.6. The summed E-state index contributed by atoms with van der Waals surface area (Å²) in [6.45, 7) is 4.29. The molecule has 6 nitrogen and oxygen atoms in total. The normalized spacial score (nSPS) is 13.1. The number of hydrogen-bond donors (Lipinski definition) is 3. The molecular formula is C12H18N4O2. The van der Waals surface area contributed by atoms with Gasteiger partial charge in [0.25, 0.3) is 0 Å². The third-order valence-corrected chi connectivity index (χ3v) is 2.78. The van der Waals surface area contributed by atoms with Crippen LogP contribution in [0.3, 0.4) is 0 Å². The van der Waals surface area contributed by atoms with Crippen molar-refractivity contribution in [1.29, 1.82) is 0 Å². The lowest BCUT2D eigenvalue weighted by atomic mass is 10.0. The number of nitrogens with one attached hydrogen (secondary N) is 1. The summed E-state index contributed by atoms with van der Waals surface area (Å²) < 4.78 is 4.70. The summed E-state index contributed by atoms with van der Waals surface area (Å²) in [5.41, 5.74) is 8.22. The minimum Gasteiger partial charge on any atom is -0.397 e. The molecule has 4 N–H and O–H groups in total. The number of nitrogens with zero attached hydrogens (tertiary/aromatic N) is 2. The molecule has 0 aliphatic heterocycles. The monoisotopic (exact) mass is 250 g/mol. The number of benzene rings is 1. The minimum absolute atomic E-state index is 0.0199. The highest BCUT2D eigenvalue weighted by Crippen LogP contribution is 2.26. The van der Waals surface area contributed by atoms with E-state index in [9.17, 15) is 5.11 Å². The number of hydrogen-bond acceptors (Lipinski definition) is 6. The molecule has 1 unspecified atom stereocenters. The molecule has 2 rings (SSSR count). The Balaban J connectivity index is 2.25. The Hall–Kier alpha value is -1.82. The lowest BCUT2D eigenvalue weighted by molar-refractivity contribution is 0.259. The van der Waals surface area contributed by atoms with Gasteiger partial charge in [-0.1, -0.05) is 13.8 Å². The van der Waals surface area contributed by atoms with Gasteiger partial charge < -0.3 is 16.2 Å². The molecule has 0 spiro atoms. The highest BCUT2D eigenvalue weighted by Gasteiger charge is 2.14. The maximum absolute atomic E-state index is 9.37. The summed E-state index contributed by atoms with van der Waals surface area (Å²) in [6.07, 6.45) is 0.869. The minimum atomic E-state index is -0.0199. The molecule has 6 heteroatoms. The molecule has 0 amide bonds. The van der Waals surface area contributed by atoms with E-state index in [1.807, 2.05) is 6.07 Å². The lowest BCUT2D eigenvalue weighted by Gasteiger charge is -2.19. The van der Waals surface area contributed by atoms with Crippen molar-refractivity contribution in [2.75, 3.05) is 17.7 Å². The first-order valence-corrected chi connectivity index (χ1v) is 6.00. The Morgan fingerprint density at radius 2 is 2.06 bits per heavy atom. The number of nitrogens with two attached hydrogens (primary N) is 1. The highest BCUT2D eigenvalue weighted by atomic mass is 16.6. The van der Waals surface area contributed by atoms with Crippen LogP contribution < -0.4 is 11.1 Å². The van der Waals surface area contributed by atoms with Gasteiger partial charge in [0.2, 0.25) is 0 Å². The third-order valence-electron chi connectivity index (χ3n) is 2.78. The summed E-state index contributed by atoms with van der Waals surface area (Å²) in [6, 6.07) is 3.55. The van der Waals surface area contributed by atoms with Crippen molar-refractivity contribution in [2.24, 2.45) is 5.92 Å². The van der Waals surface area contributed by atoms with Crippen molar-refractivity contribution in [2.45, 2.75) is 26.3 Å².